The van der Waals surface area contributed by atoms with Crippen molar-refractivity contribution in [3.8, 4) is 0 Å². The molecular formula is C17H13NO7S2. The van der Waals surface area contributed by atoms with Crippen LogP contribution in [-0.4, -0.2) is 31.8 Å². The van der Waals surface area contributed by atoms with E-state index in [2.05, 4.69) is 5.32 Å². The highest BCUT2D eigenvalue weighted by atomic mass is 32.2. The van der Waals surface area contributed by atoms with Gasteiger partial charge in [0.2, 0.25) is 0 Å². The second-order valence-corrected chi connectivity index (χ2v) is 8.44. The number of carbonyl (C=O) groups is 1. The molecule has 0 fully saturated rings. The van der Waals surface area contributed by atoms with Crippen LogP contribution in [0.3, 0.4) is 0 Å². The van der Waals surface area contributed by atoms with E-state index in [1.165, 1.54) is 18.2 Å². The van der Waals surface area contributed by atoms with Crippen LogP contribution in [0, 0.1) is 0 Å². The van der Waals surface area contributed by atoms with E-state index in [-0.39, 0.29) is 16.5 Å². The molecule has 10 heteroatoms. The minimum atomic E-state index is -4.80. The molecule has 3 rings (SSSR count). The molecule has 0 spiro atoms. The molecule has 3 aromatic rings. The van der Waals surface area contributed by atoms with Gasteiger partial charge in [0, 0.05) is 16.6 Å². The van der Waals surface area contributed by atoms with Crippen LogP contribution in [-0.2, 0) is 20.2 Å². The first-order chi connectivity index (χ1) is 12.6. The number of rotatable bonds is 4. The van der Waals surface area contributed by atoms with Crippen LogP contribution >= 0.6 is 0 Å². The van der Waals surface area contributed by atoms with Gasteiger partial charge >= 0.3 is 0 Å². The quantitative estimate of drug-likeness (QED) is 0.565. The van der Waals surface area contributed by atoms with Crippen molar-refractivity contribution in [2.45, 2.75) is 9.79 Å². The van der Waals surface area contributed by atoms with E-state index in [1.54, 1.807) is 30.3 Å². The first-order valence-corrected chi connectivity index (χ1v) is 10.3. The molecule has 0 unspecified atom stereocenters. The molecule has 0 aliphatic heterocycles. The molecule has 3 aromatic carbocycles. The van der Waals surface area contributed by atoms with E-state index >= 15 is 0 Å². The standard InChI is InChI=1S/C17H13NO7S2/c19-17(11-4-2-1-3-5-11)18-13-7-6-12-8-14(26(20,21)22)10-16(15(12)9-13)27(23,24)25/h1-10H,(H,18,19)(H,20,21,22)(H,23,24,25). The smallest absolute Gasteiger partial charge is 0.295 e. The molecular weight excluding hydrogens is 394 g/mol. The summed E-state index contributed by atoms with van der Waals surface area (Å²) in [6.07, 6.45) is 0. The average molecular weight is 407 g/mol. The molecule has 0 aliphatic rings. The van der Waals surface area contributed by atoms with Crippen LogP contribution in [0.4, 0.5) is 5.69 Å². The van der Waals surface area contributed by atoms with Gasteiger partial charge in [0.1, 0.15) is 4.90 Å². The monoisotopic (exact) mass is 407 g/mol. The molecule has 0 radical (unpaired) electrons. The SMILES string of the molecule is O=C(Nc1ccc2cc(S(=O)(=O)O)cc(S(=O)(=O)O)c2c1)c1ccccc1. The summed E-state index contributed by atoms with van der Waals surface area (Å²) < 4.78 is 64.7. The summed E-state index contributed by atoms with van der Waals surface area (Å²) in [6.45, 7) is 0. The van der Waals surface area contributed by atoms with Gasteiger partial charge < -0.3 is 5.32 Å². The van der Waals surface area contributed by atoms with E-state index in [1.807, 2.05) is 0 Å². The zero-order chi connectivity index (χ0) is 19.8. The van der Waals surface area contributed by atoms with Gasteiger partial charge in [0.25, 0.3) is 26.1 Å². The van der Waals surface area contributed by atoms with Crippen molar-refractivity contribution in [3.63, 3.8) is 0 Å². The predicted octanol–water partition coefficient (Wildman–Crippen LogP) is 2.59. The molecule has 0 aromatic heterocycles. The lowest BCUT2D eigenvalue weighted by Crippen LogP contribution is -2.11. The molecule has 27 heavy (non-hydrogen) atoms. The van der Waals surface area contributed by atoms with Crippen LogP contribution in [0.5, 0.6) is 0 Å². The maximum Gasteiger partial charge on any atom is 0.295 e. The fourth-order valence-electron chi connectivity index (χ4n) is 2.53. The van der Waals surface area contributed by atoms with Crippen LogP contribution in [0.15, 0.2) is 70.5 Å². The molecule has 0 atom stereocenters. The van der Waals surface area contributed by atoms with Crippen LogP contribution in [0.1, 0.15) is 10.4 Å². The Hall–Kier alpha value is -2.79. The van der Waals surface area contributed by atoms with Crippen molar-refractivity contribution >= 4 is 42.6 Å². The van der Waals surface area contributed by atoms with Crippen molar-refractivity contribution in [1.82, 2.24) is 0 Å². The van der Waals surface area contributed by atoms with Crippen molar-refractivity contribution in [2.24, 2.45) is 0 Å². The molecule has 0 aliphatic carbocycles. The Bertz CT molecular complexity index is 1250. The third kappa shape index (κ3) is 4.14. The Kier molecular flexibility index (Phi) is 4.74. The maximum atomic E-state index is 12.2. The first kappa shape index (κ1) is 19.0. The number of carbonyl (C=O) groups excluding carboxylic acids is 1. The fraction of sp³-hybridized carbons (Fsp3) is 0. The van der Waals surface area contributed by atoms with Gasteiger partial charge in [-0.25, -0.2) is 0 Å². The van der Waals surface area contributed by atoms with Crippen molar-refractivity contribution in [3.05, 3.63) is 66.2 Å². The van der Waals surface area contributed by atoms with Gasteiger partial charge in [0.15, 0.2) is 0 Å². The Labute approximate surface area is 155 Å². The van der Waals surface area contributed by atoms with E-state index < -0.39 is 35.9 Å². The lowest BCUT2D eigenvalue weighted by atomic mass is 10.1. The molecule has 140 valence electrons. The van der Waals surface area contributed by atoms with E-state index in [0.29, 0.717) is 11.6 Å². The number of hydrogen-bond acceptors (Lipinski definition) is 5. The van der Waals surface area contributed by atoms with Gasteiger partial charge in [-0.2, -0.15) is 16.8 Å². The van der Waals surface area contributed by atoms with Gasteiger partial charge in [0.05, 0.1) is 4.90 Å². The van der Waals surface area contributed by atoms with Crippen molar-refractivity contribution in [2.75, 3.05) is 5.32 Å². The molecule has 0 heterocycles. The average Bonchev–Trinajstić information content (AvgIpc) is 2.59. The van der Waals surface area contributed by atoms with E-state index in [4.69, 9.17) is 0 Å². The molecule has 0 bridgehead atoms. The predicted molar refractivity (Wildman–Crippen MR) is 98.0 cm³/mol. The molecule has 3 N–H and O–H groups in total. The topological polar surface area (TPSA) is 138 Å². The summed E-state index contributed by atoms with van der Waals surface area (Å²) >= 11 is 0. The molecule has 8 nitrogen and oxygen atoms in total. The van der Waals surface area contributed by atoms with Crippen LogP contribution in [0.25, 0.3) is 10.8 Å². The first-order valence-electron chi connectivity index (χ1n) is 7.45. The third-order valence-electron chi connectivity index (χ3n) is 3.76. The van der Waals surface area contributed by atoms with Gasteiger partial charge in [-0.1, -0.05) is 24.3 Å². The maximum absolute atomic E-state index is 12.2. The number of hydrogen-bond donors (Lipinski definition) is 3. The van der Waals surface area contributed by atoms with Crippen molar-refractivity contribution < 1.29 is 30.7 Å². The third-order valence-corrected chi connectivity index (χ3v) is 5.48. The Balaban J connectivity index is 2.13. The number of fused-ring (bicyclic) bond motifs is 1. The summed E-state index contributed by atoms with van der Waals surface area (Å²) in [5, 5.41) is 2.71. The Morgan fingerprint density at radius 2 is 1.48 bits per heavy atom. The second-order valence-electron chi connectivity index (χ2n) is 5.63. The van der Waals surface area contributed by atoms with E-state index in [9.17, 15) is 30.7 Å². The minimum absolute atomic E-state index is 0.0178. The number of nitrogens with one attached hydrogen (secondary N) is 1. The highest BCUT2D eigenvalue weighted by Crippen LogP contribution is 2.29. The minimum Gasteiger partial charge on any atom is -0.322 e. The fourth-order valence-corrected chi connectivity index (χ4v) is 3.88. The number of benzene rings is 3. The lowest BCUT2D eigenvalue weighted by molar-refractivity contribution is 0.102. The number of amides is 1. The molecule has 0 saturated heterocycles. The van der Waals surface area contributed by atoms with Gasteiger partial charge in [-0.15, -0.1) is 0 Å². The summed E-state index contributed by atoms with van der Waals surface area (Å²) in [7, 11) is -9.49. The van der Waals surface area contributed by atoms with Gasteiger partial charge in [-0.3, -0.25) is 13.9 Å². The van der Waals surface area contributed by atoms with Gasteiger partial charge in [-0.05, 0) is 41.8 Å². The number of anilines is 1. The van der Waals surface area contributed by atoms with Crippen molar-refractivity contribution in [1.29, 1.82) is 0 Å². The summed E-state index contributed by atoms with van der Waals surface area (Å²) in [6, 6.07) is 14.1. The Morgan fingerprint density at radius 1 is 0.815 bits per heavy atom. The summed E-state index contributed by atoms with van der Waals surface area (Å²) in [5.74, 6) is -0.432. The highest BCUT2D eigenvalue weighted by Gasteiger charge is 2.20. The zero-order valence-corrected chi connectivity index (χ0v) is 15.2. The summed E-state index contributed by atoms with van der Waals surface area (Å²) in [4.78, 5) is 10.8. The normalized spacial score (nSPS) is 12.1. The lowest BCUT2D eigenvalue weighted by Gasteiger charge is -2.10. The zero-order valence-electron chi connectivity index (χ0n) is 13.5. The van der Waals surface area contributed by atoms with E-state index in [0.717, 1.165) is 6.07 Å². The second kappa shape index (κ2) is 6.74. The molecule has 0 saturated carbocycles. The Morgan fingerprint density at radius 3 is 2.07 bits per heavy atom. The van der Waals surface area contributed by atoms with Crippen LogP contribution in [0.2, 0.25) is 0 Å². The highest BCUT2D eigenvalue weighted by molar-refractivity contribution is 7.86. The largest absolute Gasteiger partial charge is 0.322 e. The summed E-state index contributed by atoms with van der Waals surface area (Å²) in [5.41, 5.74) is 0.621. The van der Waals surface area contributed by atoms with Crippen LogP contribution < -0.4 is 5.32 Å². The molecule has 1 amide bonds.